The summed E-state index contributed by atoms with van der Waals surface area (Å²) in [5, 5.41) is 4.21. The number of nitrogens with zero attached hydrogens (tertiary/aromatic N) is 1. The summed E-state index contributed by atoms with van der Waals surface area (Å²) in [5.41, 5.74) is 9.59. The highest BCUT2D eigenvalue weighted by molar-refractivity contribution is 7.80. The summed E-state index contributed by atoms with van der Waals surface area (Å²) < 4.78 is 11.2. The van der Waals surface area contributed by atoms with Gasteiger partial charge in [-0.3, -0.25) is 5.43 Å². The van der Waals surface area contributed by atoms with Gasteiger partial charge in [-0.15, -0.1) is 0 Å². The second-order valence-electron chi connectivity index (χ2n) is 3.89. The zero-order valence-corrected chi connectivity index (χ0v) is 10.9. The molecule has 1 heterocycles. The van der Waals surface area contributed by atoms with E-state index in [4.69, 9.17) is 27.4 Å². The predicted molar refractivity (Wildman–Crippen MR) is 74.2 cm³/mol. The molecule has 0 saturated heterocycles. The molecule has 1 aromatic carbocycles. The van der Waals surface area contributed by atoms with Gasteiger partial charge in [0.1, 0.15) is 0 Å². The monoisotopic (exact) mass is 265 g/mol. The van der Waals surface area contributed by atoms with E-state index in [1.165, 1.54) is 0 Å². The summed E-state index contributed by atoms with van der Waals surface area (Å²) in [4.78, 5) is 0. The average Bonchev–Trinajstić information content (AvgIpc) is 2.60. The number of rotatable bonds is 2. The summed E-state index contributed by atoms with van der Waals surface area (Å²) in [5.74, 6) is 1.52. The number of nitrogens with one attached hydrogen (secondary N) is 1. The third kappa shape index (κ3) is 3.10. The van der Waals surface area contributed by atoms with Gasteiger partial charge in [-0.1, -0.05) is 0 Å². The van der Waals surface area contributed by atoms with Gasteiger partial charge in [0.2, 0.25) is 0 Å². The summed E-state index contributed by atoms with van der Waals surface area (Å²) in [6.07, 6.45) is 0.889. The zero-order valence-electron chi connectivity index (χ0n) is 10.1. The molecule has 0 fully saturated rings. The van der Waals surface area contributed by atoms with Crippen molar-refractivity contribution in [3.8, 4) is 11.5 Å². The lowest BCUT2D eigenvalue weighted by molar-refractivity contribution is 0.297. The molecule has 0 saturated carbocycles. The van der Waals surface area contributed by atoms with Crippen molar-refractivity contribution >= 4 is 23.0 Å². The molecule has 0 amide bonds. The van der Waals surface area contributed by atoms with Gasteiger partial charge in [0.05, 0.1) is 18.9 Å². The highest BCUT2D eigenvalue weighted by Gasteiger charge is 2.11. The third-order valence-corrected chi connectivity index (χ3v) is 2.59. The van der Waals surface area contributed by atoms with Crippen LogP contribution in [0.4, 0.5) is 0 Å². The van der Waals surface area contributed by atoms with Crippen LogP contribution in [0.1, 0.15) is 18.9 Å². The Labute approximate surface area is 111 Å². The maximum absolute atomic E-state index is 5.61. The molecule has 6 heteroatoms. The van der Waals surface area contributed by atoms with Crippen molar-refractivity contribution in [1.82, 2.24) is 5.43 Å². The van der Waals surface area contributed by atoms with Gasteiger partial charge in [-0.2, -0.15) is 5.10 Å². The van der Waals surface area contributed by atoms with E-state index >= 15 is 0 Å². The van der Waals surface area contributed by atoms with Crippen molar-refractivity contribution in [3.63, 3.8) is 0 Å². The molecule has 0 unspecified atom stereocenters. The van der Waals surface area contributed by atoms with Gasteiger partial charge in [0.25, 0.3) is 0 Å². The van der Waals surface area contributed by atoms with Crippen LogP contribution in [0.25, 0.3) is 0 Å². The van der Waals surface area contributed by atoms with Crippen LogP contribution in [-0.2, 0) is 0 Å². The fourth-order valence-corrected chi connectivity index (χ4v) is 1.64. The molecule has 1 aliphatic rings. The topological polar surface area (TPSA) is 68.9 Å². The Balaban J connectivity index is 2.22. The first-order valence-corrected chi connectivity index (χ1v) is 6.07. The number of nitrogens with two attached hydrogens (primary N) is 1. The maximum atomic E-state index is 5.61. The number of ether oxygens (including phenoxy) is 2. The van der Waals surface area contributed by atoms with Crippen LogP contribution in [0, 0.1) is 0 Å². The van der Waals surface area contributed by atoms with Crippen LogP contribution in [-0.4, -0.2) is 24.0 Å². The zero-order chi connectivity index (χ0) is 13.0. The molecule has 0 spiro atoms. The molecule has 0 radical (unpaired) electrons. The molecule has 1 aliphatic heterocycles. The maximum Gasteiger partial charge on any atom is 0.184 e. The Kier molecular flexibility index (Phi) is 3.99. The minimum Gasteiger partial charge on any atom is -0.490 e. The average molecular weight is 265 g/mol. The highest BCUT2D eigenvalue weighted by atomic mass is 32.1. The van der Waals surface area contributed by atoms with Crippen LogP contribution < -0.4 is 20.6 Å². The first kappa shape index (κ1) is 12.6. The van der Waals surface area contributed by atoms with Gasteiger partial charge in [0.15, 0.2) is 16.6 Å². The largest absolute Gasteiger partial charge is 0.490 e. The summed E-state index contributed by atoms with van der Waals surface area (Å²) in [7, 11) is 0. The van der Waals surface area contributed by atoms with Crippen molar-refractivity contribution in [2.45, 2.75) is 13.3 Å². The molecule has 0 aromatic heterocycles. The summed E-state index contributed by atoms with van der Waals surface area (Å²) in [6, 6.07) is 5.71. The fraction of sp³-hybridized carbons (Fsp3) is 0.333. The lowest BCUT2D eigenvalue weighted by atomic mass is 10.1. The van der Waals surface area contributed by atoms with Crippen LogP contribution in [0.2, 0.25) is 0 Å². The lowest BCUT2D eigenvalue weighted by Crippen LogP contribution is -2.25. The molecule has 3 N–H and O–H groups in total. The van der Waals surface area contributed by atoms with Crippen LogP contribution in [0.5, 0.6) is 11.5 Å². The Hall–Kier alpha value is -1.82. The third-order valence-electron chi connectivity index (χ3n) is 2.50. The second-order valence-corrected chi connectivity index (χ2v) is 4.33. The van der Waals surface area contributed by atoms with E-state index in [-0.39, 0.29) is 5.11 Å². The number of benzene rings is 1. The number of hydrogen-bond acceptors (Lipinski definition) is 4. The van der Waals surface area contributed by atoms with Gasteiger partial charge in [0, 0.05) is 12.0 Å². The van der Waals surface area contributed by atoms with Gasteiger partial charge < -0.3 is 15.2 Å². The molecular weight excluding hydrogens is 250 g/mol. The van der Waals surface area contributed by atoms with E-state index in [2.05, 4.69) is 10.5 Å². The van der Waals surface area contributed by atoms with Gasteiger partial charge >= 0.3 is 0 Å². The number of fused-ring (bicyclic) bond motifs is 1. The molecule has 2 rings (SSSR count). The Bertz CT molecular complexity index is 488. The van der Waals surface area contributed by atoms with E-state index < -0.39 is 0 Å². The van der Waals surface area contributed by atoms with Crippen LogP contribution in [0.15, 0.2) is 23.3 Å². The fourth-order valence-electron chi connectivity index (χ4n) is 1.59. The number of thiocarbonyl (C=S) groups is 1. The highest BCUT2D eigenvalue weighted by Crippen LogP contribution is 2.30. The predicted octanol–water partition coefficient (Wildman–Crippen LogP) is 1.41. The second kappa shape index (κ2) is 5.68. The van der Waals surface area contributed by atoms with Crippen molar-refractivity contribution in [3.05, 3.63) is 23.8 Å². The minimum atomic E-state index is 0.142. The van der Waals surface area contributed by atoms with Crippen LogP contribution >= 0.6 is 12.2 Å². The number of hydrogen-bond donors (Lipinski definition) is 2. The lowest BCUT2D eigenvalue weighted by Gasteiger charge is -2.09. The minimum absolute atomic E-state index is 0.142. The van der Waals surface area contributed by atoms with E-state index in [1.54, 1.807) is 0 Å². The first-order chi connectivity index (χ1) is 8.66. The molecule has 0 atom stereocenters. The van der Waals surface area contributed by atoms with Crippen molar-refractivity contribution in [2.75, 3.05) is 13.2 Å². The molecule has 0 aliphatic carbocycles. The molecular formula is C12H15N3O2S. The molecule has 1 aromatic rings. The van der Waals surface area contributed by atoms with Crippen molar-refractivity contribution in [1.29, 1.82) is 0 Å². The normalized spacial score (nSPS) is 14.8. The molecule has 18 heavy (non-hydrogen) atoms. The van der Waals surface area contributed by atoms with Gasteiger partial charge in [-0.25, -0.2) is 0 Å². The smallest absolute Gasteiger partial charge is 0.184 e. The van der Waals surface area contributed by atoms with E-state index in [0.717, 1.165) is 29.2 Å². The molecule has 0 bridgehead atoms. The Morgan fingerprint density at radius 1 is 1.33 bits per heavy atom. The molecule has 96 valence electrons. The van der Waals surface area contributed by atoms with Gasteiger partial charge in [-0.05, 0) is 37.3 Å². The summed E-state index contributed by atoms with van der Waals surface area (Å²) in [6.45, 7) is 3.21. The quantitative estimate of drug-likeness (QED) is 0.480. The summed E-state index contributed by atoms with van der Waals surface area (Å²) >= 11 is 4.69. The SMILES string of the molecule is CC(=NNC(N)=S)c1ccc2c(c1)OCCCO2. The standard InChI is InChI=1S/C12H15N3O2S/c1-8(14-15-12(13)18)9-3-4-10-11(7-9)17-6-2-5-16-10/h3-4,7H,2,5-6H2,1H3,(H3,13,15,18). The van der Waals surface area contributed by atoms with Crippen molar-refractivity contribution < 1.29 is 9.47 Å². The first-order valence-electron chi connectivity index (χ1n) is 5.66. The van der Waals surface area contributed by atoms with E-state index in [1.807, 2.05) is 25.1 Å². The van der Waals surface area contributed by atoms with E-state index in [0.29, 0.717) is 13.2 Å². The number of hydrazone groups is 1. The van der Waals surface area contributed by atoms with Crippen LogP contribution in [0.3, 0.4) is 0 Å². The van der Waals surface area contributed by atoms with E-state index in [9.17, 15) is 0 Å². The Morgan fingerprint density at radius 2 is 2.06 bits per heavy atom. The molecule has 5 nitrogen and oxygen atoms in total. The van der Waals surface area contributed by atoms with Crippen molar-refractivity contribution in [2.24, 2.45) is 10.8 Å². The Morgan fingerprint density at radius 3 is 2.78 bits per heavy atom.